The van der Waals surface area contributed by atoms with E-state index in [-0.39, 0.29) is 0 Å². The monoisotopic (exact) mass is 210 g/mol. The van der Waals surface area contributed by atoms with E-state index in [2.05, 4.69) is 5.32 Å². The van der Waals surface area contributed by atoms with Gasteiger partial charge < -0.3 is 10.2 Å². The lowest BCUT2D eigenvalue weighted by atomic mass is 9.93. The highest BCUT2D eigenvalue weighted by Crippen LogP contribution is 2.17. The molecule has 0 aromatic carbocycles. The van der Waals surface area contributed by atoms with E-state index in [9.17, 15) is 4.79 Å². The zero-order valence-corrected chi connectivity index (χ0v) is 9.50. The molecule has 0 radical (unpaired) electrons. The molecule has 1 heterocycles. The molecular formula is C12H22N2O. The first-order valence-electron chi connectivity index (χ1n) is 6.37. The minimum absolute atomic E-state index is 0.366. The Hall–Kier alpha value is -0.570. The number of carbonyl (C=O) groups excluding carboxylic acids is 1. The third kappa shape index (κ3) is 3.20. The highest BCUT2D eigenvalue weighted by atomic mass is 16.2. The Balaban J connectivity index is 1.54. The van der Waals surface area contributed by atoms with E-state index in [1.54, 1.807) is 0 Å². The Morgan fingerprint density at radius 3 is 2.80 bits per heavy atom. The molecule has 0 bridgehead atoms. The normalized spacial score (nSPS) is 22.9. The zero-order valence-electron chi connectivity index (χ0n) is 9.50. The van der Waals surface area contributed by atoms with E-state index < -0.39 is 0 Å². The molecule has 1 amide bonds. The number of amides is 1. The van der Waals surface area contributed by atoms with Crippen LogP contribution in [0.3, 0.4) is 0 Å². The van der Waals surface area contributed by atoms with Crippen molar-refractivity contribution in [2.45, 2.75) is 51.0 Å². The van der Waals surface area contributed by atoms with Crippen LogP contribution in [0.1, 0.15) is 44.9 Å². The van der Waals surface area contributed by atoms with Gasteiger partial charge in [0.2, 0.25) is 5.91 Å². The quantitative estimate of drug-likeness (QED) is 0.698. The number of nitrogens with one attached hydrogen (secondary N) is 1. The van der Waals surface area contributed by atoms with Crippen molar-refractivity contribution in [3.8, 4) is 0 Å². The van der Waals surface area contributed by atoms with E-state index in [1.165, 1.54) is 25.7 Å². The number of piperidine rings is 1. The van der Waals surface area contributed by atoms with Gasteiger partial charge in [0.1, 0.15) is 0 Å². The highest BCUT2D eigenvalue weighted by molar-refractivity contribution is 5.76. The van der Waals surface area contributed by atoms with Gasteiger partial charge in [-0.2, -0.15) is 0 Å². The van der Waals surface area contributed by atoms with Gasteiger partial charge >= 0.3 is 0 Å². The summed E-state index contributed by atoms with van der Waals surface area (Å²) in [5, 5.41) is 3.54. The number of likely N-dealkylation sites (tertiary alicyclic amines) is 1. The van der Waals surface area contributed by atoms with Gasteiger partial charge in [0, 0.05) is 25.6 Å². The number of hydrogen-bond acceptors (Lipinski definition) is 2. The van der Waals surface area contributed by atoms with Gasteiger partial charge in [0.05, 0.1) is 0 Å². The van der Waals surface area contributed by atoms with E-state index in [1.807, 2.05) is 4.90 Å². The van der Waals surface area contributed by atoms with Crippen LogP contribution in [0.4, 0.5) is 0 Å². The first-order valence-corrected chi connectivity index (χ1v) is 6.37. The maximum absolute atomic E-state index is 11.5. The molecule has 0 unspecified atom stereocenters. The summed E-state index contributed by atoms with van der Waals surface area (Å²) in [4.78, 5) is 13.5. The molecule has 2 fully saturated rings. The van der Waals surface area contributed by atoms with Gasteiger partial charge in [0.25, 0.3) is 0 Å². The lowest BCUT2D eigenvalue weighted by Gasteiger charge is -2.29. The van der Waals surface area contributed by atoms with E-state index in [0.717, 1.165) is 44.9 Å². The second kappa shape index (κ2) is 5.50. The van der Waals surface area contributed by atoms with Crippen LogP contribution in [-0.4, -0.2) is 36.5 Å². The van der Waals surface area contributed by atoms with Crippen molar-refractivity contribution in [2.75, 3.05) is 19.6 Å². The number of hydrogen-bond donors (Lipinski definition) is 1. The van der Waals surface area contributed by atoms with E-state index in [4.69, 9.17) is 0 Å². The van der Waals surface area contributed by atoms with Gasteiger partial charge in [-0.15, -0.1) is 0 Å². The number of rotatable bonds is 5. The molecule has 3 nitrogen and oxygen atoms in total. The molecule has 1 aliphatic carbocycles. The molecule has 86 valence electrons. The molecule has 2 aliphatic rings. The van der Waals surface area contributed by atoms with Gasteiger partial charge in [-0.1, -0.05) is 6.42 Å². The van der Waals surface area contributed by atoms with Crippen LogP contribution in [0, 0.1) is 0 Å². The summed E-state index contributed by atoms with van der Waals surface area (Å²) in [5.41, 5.74) is 0. The van der Waals surface area contributed by atoms with Crippen LogP contribution < -0.4 is 5.32 Å². The fourth-order valence-electron chi connectivity index (χ4n) is 2.29. The SMILES string of the molecule is O=C1CCCCN1CCCNC1CCC1. The molecule has 1 saturated heterocycles. The molecule has 0 aromatic rings. The van der Waals surface area contributed by atoms with Crippen LogP contribution >= 0.6 is 0 Å². The maximum atomic E-state index is 11.5. The summed E-state index contributed by atoms with van der Waals surface area (Å²) in [6.45, 7) is 3.02. The standard InChI is InChI=1S/C12H22N2O/c15-12-7-1-2-9-14(12)10-4-8-13-11-5-3-6-11/h11,13H,1-10H2. The fraction of sp³-hybridized carbons (Fsp3) is 0.917. The first-order chi connectivity index (χ1) is 7.36. The van der Waals surface area contributed by atoms with Crippen molar-refractivity contribution in [1.82, 2.24) is 10.2 Å². The van der Waals surface area contributed by atoms with Crippen molar-refractivity contribution in [1.29, 1.82) is 0 Å². The molecule has 2 rings (SSSR count). The van der Waals surface area contributed by atoms with Crippen molar-refractivity contribution < 1.29 is 4.79 Å². The molecule has 0 aromatic heterocycles. The predicted molar refractivity (Wildman–Crippen MR) is 60.7 cm³/mol. The summed E-state index contributed by atoms with van der Waals surface area (Å²) >= 11 is 0. The Morgan fingerprint density at radius 2 is 2.13 bits per heavy atom. The molecule has 1 aliphatic heterocycles. The maximum Gasteiger partial charge on any atom is 0.222 e. The molecule has 1 saturated carbocycles. The Morgan fingerprint density at radius 1 is 1.27 bits per heavy atom. The molecule has 15 heavy (non-hydrogen) atoms. The lowest BCUT2D eigenvalue weighted by molar-refractivity contribution is -0.133. The molecular weight excluding hydrogens is 188 g/mol. The van der Waals surface area contributed by atoms with Gasteiger partial charge in [-0.3, -0.25) is 4.79 Å². The highest BCUT2D eigenvalue weighted by Gasteiger charge is 2.18. The van der Waals surface area contributed by atoms with Crippen molar-refractivity contribution in [3.05, 3.63) is 0 Å². The topological polar surface area (TPSA) is 32.3 Å². The minimum atomic E-state index is 0.366. The first kappa shape index (κ1) is 10.9. The second-order valence-electron chi connectivity index (χ2n) is 4.77. The molecule has 3 heteroatoms. The molecule has 0 atom stereocenters. The van der Waals surface area contributed by atoms with Gasteiger partial charge in [-0.25, -0.2) is 0 Å². The minimum Gasteiger partial charge on any atom is -0.343 e. The summed E-state index contributed by atoms with van der Waals surface area (Å²) in [7, 11) is 0. The molecule has 0 spiro atoms. The lowest BCUT2D eigenvalue weighted by Crippen LogP contribution is -2.39. The average Bonchev–Trinajstić information content (AvgIpc) is 2.17. The summed E-state index contributed by atoms with van der Waals surface area (Å²) in [5.74, 6) is 0.366. The third-order valence-electron chi connectivity index (χ3n) is 3.56. The van der Waals surface area contributed by atoms with Gasteiger partial charge in [-0.05, 0) is 38.6 Å². The van der Waals surface area contributed by atoms with Crippen LogP contribution in [-0.2, 0) is 4.79 Å². The largest absolute Gasteiger partial charge is 0.343 e. The van der Waals surface area contributed by atoms with Crippen molar-refractivity contribution >= 4 is 5.91 Å². The zero-order chi connectivity index (χ0) is 10.5. The van der Waals surface area contributed by atoms with Gasteiger partial charge in [0.15, 0.2) is 0 Å². The molecule has 1 N–H and O–H groups in total. The van der Waals surface area contributed by atoms with E-state index >= 15 is 0 Å². The Labute approximate surface area is 92.2 Å². The van der Waals surface area contributed by atoms with Crippen LogP contribution in [0.15, 0.2) is 0 Å². The smallest absolute Gasteiger partial charge is 0.222 e. The van der Waals surface area contributed by atoms with Crippen molar-refractivity contribution in [2.24, 2.45) is 0 Å². The van der Waals surface area contributed by atoms with Crippen LogP contribution in [0.2, 0.25) is 0 Å². The Kier molecular flexibility index (Phi) is 4.01. The van der Waals surface area contributed by atoms with E-state index in [0.29, 0.717) is 5.91 Å². The number of carbonyl (C=O) groups is 1. The number of nitrogens with zero attached hydrogens (tertiary/aromatic N) is 1. The van der Waals surface area contributed by atoms with Crippen LogP contribution in [0.25, 0.3) is 0 Å². The summed E-state index contributed by atoms with van der Waals surface area (Å²) in [6, 6.07) is 0.780. The second-order valence-corrected chi connectivity index (χ2v) is 4.77. The summed E-state index contributed by atoms with van der Waals surface area (Å²) in [6.07, 6.45) is 8.27. The average molecular weight is 210 g/mol. The third-order valence-corrected chi connectivity index (χ3v) is 3.56. The summed E-state index contributed by atoms with van der Waals surface area (Å²) < 4.78 is 0. The Bertz CT molecular complexity index is 214. The fourth-order valence-corrected chi connectivity index (χ4v) is 2.29. The van der Waals surface area contributed by atoms with Crippen LogP contribution in [0.5, 0.6) is 0 Å². The van der Waals surface area contributed by atoms with Crippen molar-refractivity contribution in [3.63, 3.8) is 0 Å². The predicted octanol–water partition coefficient (Wildman–Crippen LogP) is 1.53.